The van der Waals surface area contributed by atoms with Gasteiger partial charge in [0.15, 0.2) is 0 Å². The zero-order valence-corrected chi connectivity index (χ0v) is 10.2. The highest BCUT2D eigenvalue weighted by molar-refractivity contribution is 8.01. The molecule has 2 heterocycles. The molecule has 2 N–H and O–H groups in total. The van der Waals surface area contributed by atoms with Crippen molar-refractivity contribution in [2.45, 2.75) is 43.4 Å². The first-order chi connectivity index (χ1) is 7.21. The van der Waals surface area contributed by atoms with Crippen LogP contribution in [0, 0.1) is 0 Å². The minimum absolute atomic E-state index is 0.155. The topological polar surface area (TPSA) is 41.1 Å². The van der Waals surface area contributed by atoms with Crippen molar-refractivity contribution in [1.82, 2.24) is 10.6 Å². The average molecular weight is 228 g/mol. The number of hydrogen-bond donors (Lipinski definition) is 2. The molecular formula is C11H20N2OS. The van der Waals surface area contributed by atoms with Gasteiger partial charge in [0, 0.05) is 12.6 Å². The highest BCUT2D eigenvalue weighted by Crippen LogP contribution is 2.37. The summed E-state index contributed by atoms with van der Waals surface area (Å²) < 4.78 is -0.155. The fourth-order valence-corrected chi connectivity index (χ4v) is 3.49. The van der Waals surface area contributed by atoms with Gasteiger partial charge in [0.25, 0.3) is 0 Å². The van der Waals surface area contributed by atoms with Crippen LogP contribution in [0.15, 0.2) is 0 Å². The van der Waals surface area contributed by atoms with Crippen LogP contribution in [0.2, 0.25) is 0 Å². The Kier molecular flexibility index (Phi) is 3.57. The molecule has 0 aromatic heterocycles. The highest BCUT2D eigenvalue weighted by Gasteiger charge is 2.37. The molecule has 0 radical (unpaired) electrons. The first-order valence-corrected chi connectivity index (χ1v) is 6.85. The van der Waals surface area contributed by atoms with E-state index in [9.17, 15) is 4.79 Å². The summed E-state index contributed by atoms with van der Waals surface area (Å²) in [6.45, 7) is 4.11. The largest absolute Gasteiger partial charge is 0.351 e. The van der Waals surface area contributed by atoms with Gasteiger partial charge in [-0.15, -0.1) is 11.8 Å². The molecule has 0 aliphatic carbocycles. The van der Waals surface area contributed by atoms with E-state index in [1.807, 2.05) is 11.8 Å². The number of rotatable bonds is 2. The predicted octanol–water partition coefficient (Wildman–Crippen LogP) is 1.14. The third-order valence-corrected chi connectivity index (χ3v) is 4.85. The van der Waals surface area contributed by atoms with Gasteiger partial charge in [-0.05, 0) is 44.9 Å². The molecular weight excluding hydrogens is 208 g/mol. The van der Waals surface area contributed by atoms with Gasteiger partial charge < -0.3 is 10.6 Å². The Morgan fingerprint density at radius 1 is 1.53 bits per heavy atom. The van der Waals surface area contributed by atoms with Crippen LogP contribution >= 0.6 is 11.8 Å². The van der Waals surface area contributed by atoms with Crippen molar-refractivity contribution in [3.05, 3.63) is 0 Å². The van der Waals surface area contributed by atoms with E-state index in [2.05, 4.69) is 17.6 Å². The van der Waals surface area contributed by atoms with Crippen LogP contribution in [-0.4, -0.2) is 35.5 Å². The van der Waals surface area contributed by atoms with Gasteiger partial charge in [0.1, 0.15) is 0 Å². The van der Waals surface area contributed by atoms with Gasteiger partial charge in [0.05, 0.1) is 4.75 Å². The number of hydrogen-bond acceptors (Lipinski definition) is 3. The summed E-state index contributed by atoms with van der Waals surface area (Å²) in [7, 11) is 0. The molecule has 2 unspecified atom stereocenters. The summed E-state index contributed by atoms with van der Waals surface area (Å²) in [5.74, 6) is 1.38. The Labute approximate surface area is 95.8 Å². The van der Waals surface area contributed by atoms with E-state index in [-0.39, 0.29) is 10.7 Å². The van der Waals surface area contributed by atoms with Crippen LogP contribution in [0.3, 0.4) is 0 Å². The third kappa shape index (κ3) is 2.67. The van der Waals surface area contributed by atoms with E-state index in [1.54, 1.807) is 0 Å². The zero-order valence-electron chi connectivity index (χ0n) is 9.34. The Morgan fingerprint density at radius 3 is 3.00 bits per heavy atom. The van der Waals surface area contributed by atoms with Gasteiger partial charge in [-0.3, -0.25) is 4.79 Å². The van der Waals surface area contributed by atoms with E-state index < -0.39 is 0 Å². The van der Waals surface area contributed by atoms with E-state index in [0.29, 0.717) is 6.04 Å². The Hall–Kier alpha value is -0.220. The second kappa shape index (κ2) is 4.74. The summed E-state index contributed by atoms with van der Waals surface area (Å²) in [5.41, 5.74) is 0. The number of carbonyl (C=O) groups is 1. The fourth-order valence-electron chi connectivity index (χ4n) is 2.27. The smallest absolute Gasteiger partial charge is 0.236 e. The third-order valence-electron chi connectivity index (χ3n) is 3.33. The molecule has 15 heavy (non-hydrogen) atoms. The fraction of sp³-hybridized carbons (Fsp3) is 0.909. The van der Waals surface area contributed by atoms with Crippen molar-refractivity contribution in [3.63, 3.8) is 0 Å². The molecule has 86 valence electrons. The van der Waals surface area contributed by atoms with Crippen LogP contribution in [-0.2, 0) is 4.79 Å². The molecule has 0 spiro atoms. The zero-order chi connectivity index (χ0) is 10.7. The van der Waals surface area contributed by atoms with Crippen molar-refractivity contribution in [2.24, 2.45) is 0 Å². The Morgan fingerprint density at radius 2 is 2.40 bits per heavy atom. The molecule has 2 aliphatic rings. The normalized spacial score (nSPS) is 36.5. The minimum atomic E-state index is -0.155. The number of thioether (sulfide) groups is 1. The van der Waals surface area contributed by atoms with Crippen molar-refractivity contribution in [1.29, 1.82) is 0 Å². The Balaban J connectivity index is 1.85. The second-order valence-corrected chi connectivity index (χ2v) is 6.30. The van der Waals surface area contributed by atoms with E-state index in [4.69, 9.17) is 0 Å². The Bertz CT molecular complexity index is 233. The SMILES string of the molecule is CC1(C(=O)NC2CCCNC2)CCCS1. The molecule has 0 saturated carbocycles. The second-order valence-electron chi connectivity index (χ2n) is 4.70. The summed E-state index contributed by atoms with van der Waals surface area (Å²) in [4.78, 5) is 12.1. The molecule has 3 nitrogen and oxygen atoms in total. The van der Waals surface area contributed by atoms with E-state index in [0.717, 1.165) is 31.7 Å². The van der Waals surface area contributed by atoms with Crippen LogP contribution in [0.25, 0.3) is 0 Å². The van der Waals surface area contributed by atoms with Crippen LogP contribution < -0.4 is 10.6 Å². The number of amides is 1. The maximum Gasteiger partial charge on any atom is 0.236 e. The maximum absolute atomic E-state index is 12.1. The molecule has 0 aromatic carbocycles. The number of piperidine rings is 1. The lowest BCUT2D eigenvalue weighted by atomic mass is 10.0. The lowest BCUT2D eigenvalue weighted by Gasteiger charge is -2.28. The first-order valence-electron chi connectivity index (χ1n) is 5.86. The predicted molar refractivity (Wildman–Crippen MR) is 64.1 cm³/mol. The highest BCUT2D eigenvalue weighted by atomic mass is 32.2. The van der Waals surface area contributed by atoms with Crippen molar-refractivity contribution in [3.8, 4) is 0 Å². The van der Waals surface area contributed by atoms with Crippen molar-refractivity contribution < 1.29 is 4.79 Å². The molecule has 1 amide bonds. The van der Waals surface area contributed by atoms with Gasteiger partial charge >= 0.3 is 0 Å². The number of nitrogens with one attached hydrogen (secondary N) is 2. The summed E-state index contributed by atoms with van der Waals surface area (Å²) in [6.07, 6.45) is 4.51. The van der Waals surface area contributed by atoms with E-state index in [1.165, 1.54) is 12.8 Å². The average Bonchev–Trinajstić information content (AvgIpc) is 2.68. The van der Waals surface area contributed by atoms with Gasteiger partial charge in [-0.2, -0.15) is 0 Å². The standard InChI is InChI=1S/C11H20N2OS/c1-11(5-3-7-15-11)10(14)13-9-4-2-6-12-8-9/h9,12H,2-8H2,1H3,(H,13,14). The quantitative estimate of drug-likeness (QED) is 0.745. The summed E-state index contributed by atoms with van der Waals surface area (Å²) >= 11 is 1.81. The van der Waals surface area contributed by atoms with Crippen molar-refractivity contribution >= 4 is 17.7 Å². The van der Waals surface area contributed by atoms with Crippen LogP contribution in [0.5, 0.6) is 0 Å². The van der Waals surface area contributed by atoms with Gasteiger partial charge in [-0.1, -0.05) is 0 Å². The molecule has 2 fully saturated rings. The maximum atomic E-state index is 12.1. The molecule has 0 aromatic rings. The first kappa shape index (κ1) is 11.3. The molecule has 0 bridgehead atoms. The van der Waals surface area contributed by atoms with Gasteiger partial charge in [0.2, 0.25) is 5.91 Å². The summed E-state index contributed by atoms with van der Waals surface area (Å²) in [5, 5.41) is 6.50. The minimum Gasteiger partial charge on any atom is -0.351 e. The van der Waals surface area contributed by atoms with Crippen LogP contribution in [0.1, 0.15) is 32.6 Å². The summed E-state index contributed by atoms with van der Waals surface area (Å²) in [6, 6.07) is 0.351. The molecule has 2 atom stereocenters. The molecule has 2 rings (SSSR count). The number of carbonyl (C=O) groups excluding carboxylic acids is 1. The molecule has 2 aliphatic heterocycles. The van der Waals surface area contributed by atoms with Gasteiger partial charge in [-0.25, -0.2) is 0 Å². The molecule has 2 saturated heterocycles. The lowest BCUT2D eigenvalue weighted by molar-refractivity contribution is -0.123. The monoisotopic (exact) mass is 228 g/mol. The lowest BCUT2D eigenvalue weighted by Crippen LogP contribution is -2.51. The van der Waals surface area contributed by atoms with E-state index >= 15 is 0 Å². The van der Waals surface area contributed by atoms with Crippen molar-refractivity contribution in [2.75, 3.05) is 18.8 Å². The van der Waals surface area contributed by atoms with Crippen LogP contribution in [0.4, 0.5) is 0 Å². The molecule has 4 heteroatoms.